The maximum atomic E-state index is 12.9. The molecule has 5 nitrogen and oxygen atoms in total. The molecule has 0 unspecified atom stereocenters. The van der Waals surface area contributed by atoms with Crippen LogP contribution in [0.1, 0.15) is 29.3 Å². The molecule has 0 aromatic heterocycles. The summed E-state index contributed by atoms with van der Waals surface area (Å²) in [6, 6.07) is 15.0. The standard InChI is InChI=1S/C21H24N2O3/c1-3-14-26-19-11-7-5-9-17(19)21(25)22-12-13-23(20(24)15-22)18-10-6-4-8-16(18)2/h4-11H,3,12-15H2,1-2H3. The molecular formula is C21H24N2O3. The Balaban J connectivity index is 1.74. The molecule has 136 valence electrons. The number of benzene rings is 2. The van der Waals surface area contributed by atoms with Crippen molar-refractivity contribution in [3.8, 4) is 5.75 Å². The molecule has 1 fully saturated rings. The molecule has 5 heteroatoms. The summed E-state index contributed by atoms with van der Waals surface area (Å²) in [7, 11) is 0. The van der Waals surface area contributed by atoms with Crippen LogP contribution < -0.4 is 9.64 Å². The molecule has 0 spiro atoms. The predicted molar refractivity (Wildman–Crippen MR) is 102 cm³/mol. The highest BCUT2D eigenvalue weighted by molar-refractivity contribution is 6.03. The van der Waals surface area contributed by atoms with Gasteiger partial charge in [-0.15, -0.1) is 0 Å². The van der Waals surface area contributed by atoms with Crippen LogP contribution in [0.3, 0.4) is 0 Å². The van der Waals surface area contributed by atoms with Gasteiger partial charge in [-0.3, -0.25) is 9.59 Å². The van der Waals surface area contributed by atoms with Crippen LogP contribution in [0.5, 0.6) is 5.75 Å². The van der Waals surface area contributed by atoms with Crippen molar-refractivity contribution >= 4 is 17.5 Å². The first-order valence-electron chi connectivity index (χ1n) is 8.99. The van der Waals surface area contributed by atoms with E-state index < -0.39 is 0 Å². The number of rotatable bonds is 5. The van der Waals surface area contributed by atoms with Gasteiger partial charge in [0.15, 0.2) is 0 Å². The minimum Gasteiger partial charge on any atom is -0.493 e. The molecule has 1 aliphatic rings. The summed E-state index contributed by atoms with van der Waals surface area (Å²) in [4.78, 5) is 28.9. The summed E-state index contributed by atoms with van der Waals surface area (Å²) >= 11 is 0. The summed E-state index contributed by atoms with van der Waals surface area (Å²) in [6.45, 7) is 5.64. The Kier molecular flexibility index (Phi) is 5.56. The van der Waals surface area contributed by atoms with Crippen molar-refractivity contribution in [1.82, 2.24) is 4.90 Å². The zero-order chi connectivity index (χ0) is 18.5. The summed E-state index contributed by atoms with van der Waals surface area (Å²) in [5.41, 5.74) is 2.48. The monoisotopic (exact) mass is 352 g/mol. The highest BCUT2D eigenvalue weighted by Gasteiger charge is 2.30. The molecule has 1 heterocycles. The van der Waals surface area contributed by atoms with E-state index in [1.165, 1.54) is 0 Å². The van der Waals surface area contributed by atoms with Crippen LogP contribution in [0.25, 0.3) is 0 Å². The Labute approximate surface area is 154 Å². The summed E-state index contributed by atoms with van der Waals surface area (Å²) in [5.74, 6) is 0.355. The zero-order valence-corrected chi connectivity index (χ0v) is 15.3. The van der Waals surface area contributed by atoms with Crippen molar-refractivity contribution in [2.45, 2.75) is 20.3 Å². The average Bonchev–Trinajstić information content (AvgIpc) is 2.66. The van der Waals surface area contributed by atoms with Crippen LogP contribution in [0.2, 0.25) is 0 Å². The van der Waals surface area contributed by atoms with Gasteiger partial charge in [-0.25, -0.2) is 0 Å². The number of nitrogens with zero attached hydrogens (tertiary/aromatic N) is 2. The van der Waals surface area contributed by atoms with Crippen molar-refractivity contribution in [2.75, 3.05) is 31.1 Å². The lowest BCUT2D eigenvalue weighted by atomic mass is 10.1. The molecule has 0 aliphatic carbocycles. The third-order valence-corrected chi connectivity index (χ3v) is 4.49. The highest BCUT2D eigenvalue weighted by atomic mass is 16.5. The molecule has 3 rings (SSSR count). The Morgan fingerprint density at radius 2 is 1.81 bits per heavy atom. The average molecular weight is 352 g/mol. The first kappa shape index (κ1) is 18.0. The number of aryl methyl sites for hydroxylation is 1. The van der Waals surface area contributed by atoms with Gasteiger partial charge in [0.2, 0.25) is 5.91 Å². The second-order valence-corrected chi connectivity index (χ2v) is 6.40. The van der Waals surface area contributed by atoms with Gasteiger partial charge in [-0.1, -0.05) is 37.3 Å². The first-order chi connectivity index (χ1) is 12.6. The molecule has 2 aromatic carbocycles. The second kappa shape index (κ2) is 8.04. The number of piperazine rings is 1. The van der Waals surface area contributed by atoms with Gasteiger partial charge in [0.05, 0.1) is 12.2 Å². The molecule has 0 atom stereocenters. The lowest BCUT2D eigenvalue weighted by Gasteiger charge is -2.35. The maximum absolute atomic E-state index is 12.9. The molecular weight excluding hydrogens is 328 g/mol. The quantitative estimate of drug-likeness (QED) is 0.830. The molecule has 2 aromatic rings. The molecule has 0 radical (unpaired) electrons. The number of hydrogen-bond acceptors (Lipinski definition) is 3. The third kappa shape index (κ3) is 3.72. The Morgan fingerprint density at radius 1 is 1.08 bits per heavy atom. The van der Waals surface area contributed by atoms with Gasteiger partial charge in [-0.05, 0) is 37.1 Å². The van der Waals surface area contributed by atoms with Crippen LogP contribution in [0.15, 0.2) is 48.5 Å². The topological polar surface area (TPSA) is 49.9 Å². The molecule has 0 N–H and O–H groups in total. The smallest absolute Gasteiger partial charge is 0.258 e. The number of amides is 2. The Morgan fingerprint density at radius 3 is 2.54 bits per heavy atom. The fourth-order valence-corrected chi connectivity index (χ4v) is 3.12. The van der Waals surface area contributed by atoms with E-state index in [0.717, 1.165) is 17.7 Å². The largest absolute Gasteiger partial charge is 0.493 e. The predicted octanol–water partition coefficient (Wildman–Crippen LogP) is 3.27. The minimum absolute atomic E-state index is 0.0640. The van der Waals surface area contributed by atoms with E-state index in [-0.39, 0.29) is 18.4 Å². The normalized spacial score (nSPS) is 14.5. The molecule has 0 bridgehead atoms. The van der Waals surface area contributed by atoms with Crippen molar-refractivity contribution in [2.24, 2.45) is 0 Å². The number of para-hydroxylation sites is 2. The highest BCUT2D eigenvalue weighted by Crippen LogP contribution is 2.24. The van der Waals surface area contributed by atoms with Crippen LogP contribution in [0, 0.1) is 6.92 Å². The van der Waals surface area contributed by atoms with E-state index in [4.69, 9.17) is 4.74 Å². The third-order valence-electron chi connectivity index (χ3n) is 4.49. The van der Waals surface area contributed by atoms with Crippen LogP contribution in [-0.4, -0.2) is 43.0 Å². The van der Waals surface area contributed by atoms with Gasteiger partial charge in [0, 0.05) is 18.8 Å². The van der Waals surface area contributed by atoms with Gasteiger partial charge >= 0.3 is 0 Å². The van der Waals surface area contributed by atoms with E-state index in [0.29, 0.717) is 31.0 Å². The van der Waals surface area contributed by atoms with Gasteiger partial charge < -0.3 is 14.5 Å². The fourth-order valence-electron chi connectivity index (χ4n) is 3.12. The first-order valence-corrected chi connectivity index (χ1v) is 8.99. The van der Waals surface area contributed by atoms with E-state index in [1.807, 2.05) is 50.2 Å². The zero-order valence-electron chi connectivity index (χ0n) is 15.3. The summed E-state index contributed by atoms with van der Waals surface area (Å²) in [5, 5.41) is 0. The second-order valence-electron chi connectivity index (χ2n) is 6.40. The number of anilines is 1. The van der Waals surface area contributed by atoms with Gasteiger partial charge in [-0.2, -0.15) is 0 Å². The molecule has 2 amide bonds. The molecule has 1 saturated heterocycles. The fraction of sp³-hybridized carbons (Fsp3) is 0.333. The SMILES string of the molecule is CCCOc1ccccc1C(=O)N1CCN(c2ccccc2C)C(=O)C1. The van der Waals surface area contributed by atoms with Crippen molar-refractivity contribution in [3.05, 3.63) is 59.7 Å². The van der Waals surface area contributed by atoms with Crippen molar-refractivity contribution in [1.29, 1.82) is 0 Å². The molecule has 1 aliphatic heterocycles. The number of carbonyl (C=O) groups is 2. The Hall–Kier alpha value is -2.82. The van der Waals surface area contributed by atoms with Crippen LogP contribution in [0.4, 0.5) is 5.69 Å². The number of hydrogen-bond donors (Lipinski definition) is 0. The van der Waals surface area contributed by atoms with Gasteiger partial charge in [0.25, 0.3) is 5.91 Å². The Bertz CT molecular complexity index is 803. The number of ether oxygens (including phenoxy) is 1. The maximum Gasteiger partial charge on any atom is 0.258 e. The molecule has 0 saturated carbocycles. The summed E-state index contributed by atoms with van der Waals surface area (Å²) < 4.78 is 5.69. The van der Waals surface area contributed by atoms with E-state index >= 15 is 0 Å². The van der Waals surface area contributed by atoms with Crippen LogP contribution >= 0.6 is 0 Å². The summed E-state index contributed by atoms with van der Waals surface area (Å²) in [6.07, 6.45) is 0.871. The lowest BCUT2D eigenvalue weighted by Crippen LogP contribution is -2.52. The molecule has 26 heavy (non-hydrogen) atoms. The van der Waals surface area contributed by atoms with Crippen molar-refractivity contribution < 1.29 is 14.3 Å². The minimum atomic E-state index is -0.158. The number of carbonyl (C=O) groups excluding carboxylic acids is 2. The van der Waals surface area contributed by atoms with Gasteiger partial charge in [0.1, 0.15) is 12.3 Å². The van der Waals surface area contributed by atoms with Crippen LogP contribution in [-0.2, 0) is 4.79 Å². The van der Waals surface area contributed by atoms with Crippen molar-refractivity contribution in [3.63, 3.8) is 0 Å². The van der Waals surface area contributed by atoms with E-state index in [9.17, 15) is 9.59 Å². The van der Waals surface area contributed by atoms with E-state index in [1.54, 1.807) is 21.9 Å². The lowest BCUT2D eigenvalue weighted by molar-refractivity contribution is -0.120. The van der Waals surface area contributed by atoms with E-state index in [2.05, 4.69) is 0 Å².